The van der Waals surface area contributed by atoms with Gasteiger partial charge in [0.25, 0.3) is 5.56 Å². The Hall–Kier alpha value is -3.06. The zero-order valence-electron chi connectivity index (χ0n) is 21.0. The van der Waals surface area contributed by atoms with Gasteiger partial charge in [-0.05, 0) is 55.5 Å². The highest BCUT2D eigenvalue weighted by molar-refractivity contribution is 7.99. The Bertz CT molecular complexity index is 1310. The molecule has 0 radical (unpaired) electrons. The van der Waals surface area contributed by atoms with Crippen molar-refractivity contribution >= 4 is 23.4 Å². The molecule has 2 aliphatic carbocycles. The first kappa shape index (κ1) is 24.6. The number of hydrogen-bond donors (Lipinski definition) is 1. The van der Waals surface area contributed by atoms with Gasteiger partial charge in [0.1, 0.15) is 5.75 Å². The van der Waals surface area contributed by atoms with E-state index in [4.69, 9.17) is 9.72 Å². The molecular weight excluding hydrogens is 470 g/mol. The smallest absolute Gasteiger partial charge is 0.258 e. The van der Waals surface area contributed by atoms with Crippen molar-refractivity contribution in [1.82, 2.24) is 9.55 Å². The third-order valence-corrected chi connectivity index (χ3v) is 8.41. The fourth-order valence-electron chi connectivity index (χ4n) is 5.75. The van der Waals surface area contributed by atoms with Crippen LogP contribution in [0.15, 0.2) is 58.5 Å². The number of rotatable bonds is 7. The third kappa shape index (κ3) is 4.69. The lowest BCUT2D eigenvalue weighted by Crippen LogP contribution is -2.43. The highest BCUT2D eigenvalue weighted by atomic mass is 32.2. The number of nitrogens with zero attached hydrogens (tertiary/aromatic N) is 2. The molecule has 1 heterocycles. The first-order valence-electron chi connectivity index (χ1n) is 12.8. The standard InChI is InChI=1S/C29H33N3O3S/c1-3-17-32-27(34)25-26(23-10-6-5-9-20(23)18-29(25)15-7-4-8-16-29)31-28(32)36-19-24(33)30-21-11-13-22(35-2)14-12-21/h5-6,9-14H,3-4,7-8,15-19H2,1-2H3,(H,30,33). The van der Waals surface area contributed by atoms with Crippen molar-refractivity contribution < 1.29 is 9.53 Å². The number of fused-ring (bicyclic) bond motifs is 4. The van der Waals surface area contributed by atoms with Crippen LogP contribution in [0.5, 0.6) is 5.75 Å². The van der Waals surface area contributed by atoms with E-state index in [0.717, 1.165) is 61.1 Å². The summed E-state index contributed by atoms with van der Waals surface area (Å²) in [6.07, 6.45) is 7.34. The summed E-state index contributed by atoms with van der Waals surface area (Å²) in [5.41, 5.74) is 4.73. The zero-order valence-corrected chi connectivity index (χ0v) is 21.8. The molecule has 1 saturated carbocycles. The number of anilines is 1. The lowest BCUT2D eigenvalue weighted by Gasteiger charge is -2.42. The van der Waals surface area contributed by atoms with Gasteiger partial charge in [-0.15, -0.1) is 0 Å². The maximum atomic E-state index is 14.1. The highest BCUT2D eigenvalue weighted by Crippen LogP contribution is 2.48. The van der Waals surface area contributed by atoms with Gasteiger partial charge in [-0.25, -0.2) is 4.98 Å². The molecule has 6 nitrogen and oxygen atoms in total. The van der Waals surface area contributed by atoms with Crippen LogP contribution in [-0.2, 0) is 23.2 Å². The van der Waals surface area contributed by atoms with E-state index in [0.29, 0.717) is 17.4 Å². The van der Waals surface area contributed by atoms with Crippen molar-refractivity contribution in [3.63, 3.8) is 0 Å². The predicted molar refractivity (Wildman–Crippen MR) is 145 cm³/mol. The summed E-state index contributed by atoms with van der Waals surface area (Å²) in [5.74, 6) is 0.776. The van der Waals surface area contributed by atoms with Crippen LogP contribution < -0.4 is 15.6 Å². The second kappa shape index (κ2) is 10.5. The van der Waals surface area contributed by atoms with E-state index in [2.05, 4.69) is 30.4 Å². The van der Waals surface area contributed by atoms with Gasteiger partial charge >= 0.3 is 0 Å². The maximum absolute atomic E-state index is 14.1. The van der Waals surface area contributed by atoms with Crippen LogP contribution in [0, 0.1) is 0 Å². The number of hydrogen-bond acceptors (Lipinski definition) is 5. The van der Waals surface area contributed by atoms with Gasteiger partial charge in [-0.3, -0.25) is 14.2 Å². The minimum Gasteiger partial charge on any atom is -0.497 e. The van der Waals surface area contributed by atoms with Gasteiger partial charge in [0.05, 0.1) is 24.1 Å². The molecule has 1 amide bonds. The van der Waals surface area contributed by atoms with Crippen LogP contribution in [-0.4, -0.2) is 28.3 Å². The molecule has 0 unspecified atom stereocenters. The van der Waals surface area contributed by atoms with Crippen molar-refractivity contribution in [2.45, 2.75) is 69.0 Å². The molecular formula is C29H33N3O3S. The number of benzene rings is 2. The average molecular weight is 504 g/mol. The van der Waals surface area contributed by atoms with E-state index in [1.165, 1.54) is 23.7 Å². The lowest BCUT2D eigenvalue weighted by molar-refractivity contribution is -0.113. The summed E-state index contributed by atoms with van der Waals surface area (Å²) in [6, 6.07) is 15.6. The number of methoxy groups -OCH3 is 1. The van der Waals surface area contributed by atoms with Crippen LogP contribution in [0.1, 0.15) is 56.6 Å². The molecule has 0 saturated heterocycles. The van der Waals surface area contributed by atoms with E-state index in [-0.39, 0.29) is 22.6 Å². The molecule has 0 aliphatic heterocycles. The van der Waals surface area contributed by atoms with Gasteiger partial charge in [-0.2, -0.15) is 0 Å². The Morgan fingerprint density at radius 3 is 2.58 bits per heavy atom. The summed E-state index contributed by atoms with van der Waals surface area (Å²) in [6.45, 7) is 2.67. The fraction of sp³-hybridized carbons (Fsp3) is 0.414. The van der Waals surface area contributed by atoms with E-state index in [9.17, 15) is 9.59 Å². The lowest BCUT2D eigenvalue weighted by atomic mass is 9.62. The largest absolute Gasteiger partial charge is 0.497 e. The van der Waals surface area contributed by atoms with Crippen molar-refractivity contribution in [3.05, 3.63) is 70.0 Å². The fourth-order valence-corrected chi connectivity index (χ4v) is 6.57. The van der Waals surface area contributed by atoms with Gasteiger partial charge in [-0.1, -0.05) is 62.2 Å². The van der Waals surface area contributed by atoms with Crippen LogP contribution >= 0.6 is 11.8 Å². The van der Waals surface area contributed by atoms with E-state index >= 15 is 0 Å². The summed E-state index contributed by atoms with van der Waals surface area (Å²) in [5, 5.41) is 3.54. The Labute approximate surface area is 216 Å². The van der Waals surface area contributed by atoms with Crippen molar-refractivity contribution in [2.75, 3.05) is 18.2 Å². The SMILES string of the molecule is CCCn1c(SCC(=O)Nc2ccc(OC)cc2)nc2c(c1=O)C1(CCCCC1)Cc1ccccc1-2. The number of ether oxygens (including phenoxy) is 1. The summed E-state index contributed by atoms with van der Waals surface area (Å²) >= 11 is 1.33. The second-order valence-electron chi connectivity index (χ2n) is 9.82. The minimum atomic E-state index is -0.135. The molecule has 2 aliphatic rings. The van der Waals surface area contributed by atoms with Crippen LogP contribution in [0.2, 0.25) is 0 Å². The van der Waals surface area contributed by atoms with E-state index in [1.807, 2.05) is 34.9 Å². The van der Waals surface area contributed by atoms with Gasteiger partial charge < -0.3 is 10.1 Å². The number of amides is 1. The van der Waals surface area contributed by atoms with E-state index < -0.39 is 0 Å². The number of nitrogens with one attached hydrogen (secondary N) is 1. The molecule has 1 spiro atoms. The Morgan fingerprint density at radius 1 is 1.11 bits per heavy atom. The van der Waals surface area contributed by atoms with Gasteiger partial charge in [0.2, 0.25) is 5.91 Å². The number of carbonyl (C=O) groups is 1. The van der Waals surface area contributed by atoms with Gasteiger partial charge in [0, 0.05) is 23.2 Å². The molecule has 3 aromatic rings. The highest BCUT2D eigenvalue weighted by Gasteiger charge is 2.43. The molecule has 1 N–H and O–H groups in total. The molecule has 1 aromatic heterocycles. The van der Waals surface area contributed by atoms with Crippen LogP contribution in [0.3, 0.4) is 0 Å². The van der Waals surface area contributed by atoms with Crippen LogP contribution in [0.4, 0.5) is 5.69 Å². The monoisotopic (exact) mass is 503 g/mol. The molecule has 36 heavy (non-hydrogen) atoms. The van der Waals surface area contributed by atoms with Crippen LogP contribution in [0.25, 0.3) is 11.3 Å². The number of aromatic nitrogens is 2. The summed E-state index contributed by atoms with van der Waals surface area (Å²) in [7, 11) is 1.61. The first-order valence-corrected chi connectivity index (χ1v) is 13.8. The quantitative estimate of drug-likeness (QED) is 0.325. The molecule has 5 rings (SSSR count). The first-order chi connectivity index (χ1) is 17.5. The topological polar surface area (TPSA) is 73.2 Å². The Morgan fingerprint density at radius 2 is 1.86 bits per heavy atom. The normalized spacial score (nSPS) is 15.7. The number of carbonyl (C=O) groups excluding carboxylic acids is 1. The van der Waals surface area contributed by atoms with Gasteiger partial charge in [0.15, 0.2) is 5.16 Å². The molecule has 0 atom stereocenters. The maximum Gasteiger partial charge on any atom is 0.258 e. The molecule has 1 fully saturated rings. The minimum absolute atomic E-state index is 0.0799. The van der Waals surface area contributed by atoms with E-state index in [1.54, 1.807) is 7.11 Å². The average Bonchev–Trinajstić information content (AvgIpc) is 2.90. The number of thioether (sulfide) groups is 1. The van der Waals surface area contributed by atoms with Crippen molar-refractivity contribution in [1.29, 1.82) is 0 Å². The molecule has 188 valence electrons. The van der Waals surface area contributed by atoms with Crippen molar-refractivity contribution in [3.8, 4) is 17.0 Å². The molecule has 2 aromatic carbocycles. The Balaban J connectivity index is 1.49. The van der Waals surface area contributed by atoms with Crippen molar-refractivity contribution in [2.24, 2.45) is 0 Å². The molecule has 7 heteroatoms. The summed E-state index contributed by atoms with van der Waals surface area (Å²) < 4.78 is 7.00. The molecule has 0 bridgehead atoms. The Kier molecular flexibility index (Phi) is 7.19. The third-order valence-electron chi connectivity index (χ3n) is 7.43. The zero-order chi connectivity index (χ0) is 25.1. The second-order valence-corrected chi connectivity index (χ2v) is 10.8. The summed E-state index contributed by atoms with van der Waals surface area (Å²) in [4.78, 5) is 32.0. The predicted octanol–water partition coefficient (Wildman–Crippen LogP) is 5.82.